The number of fused-ring (bicyclic) bond motifs is 1. The summed E-state index contributed by atoms with van der Waals surface area (Å²) < 4.78 is 36.8. The highest BCUT2D eigenvalue weighted by Gasteiger charge is 2.17. The fourth-order valence-corrected chi connectivity index (χ4v) is 3.45. The number of aromatic amines is 1. The van der Waals surface area contributed by atoms with Crippen LogP contribution in [0, 0.1) is 11.6 Å². The number of H-pyrrole nitrogens is 1. The third-order valence-corrected chi connectivity index (χ3v) is 5.22. The molecule has 0 atom stereocenters. The van der Waals surface area contributed by atoms with Gasteiger partial charge in [-0.05, 0) is 30.3 Å². The lowest BCUT2D eigenvalue weighted by Crippen LogP contribution is -2.23. The molecule has 2 amide bonds. The van der Waals surface area contributed by atoms with Crippen molar-refractivity contribution in [3.63, 3.8) is 0 Å². The number of nitrogen functional groups attached to an aromatic ring is 1. The van der Waals surface area contributed by atoms with Gasteiger partial charge in [-0.3, -0.25) is 19.4 Å². The summed E-state index contributed by atoms with van der Waals surface area (Å²) in [7, 11) is 0. The number of hydrogen-bond donors (Lipinski definition) is 4. The second-order valence-corrected chi connectivity index (χ2v) is 7.58. The monoisotopic (exact) mass is 475 g/mol. The number of rotatable bonds is 6. The van der Waals surface area contributed by atoms with Gasteiger partial charge < -0.3 is 25.8 Å². The van der Waals surface area contributed by atoms with Crippen LogP contribution >= 0.6 is 11.8 Å². The number of anilines is 3. The number of nitrogens with one attached hydrogen (secondary N) is 3. The standard InChI is InChI=1S/C20H15F2N5O5S/c21-11-3-1-9(5-12(11)22)18(29)25-16-17(23)26-20(27-19(16)30)33-7-15(28)24-10-2-4-13-14(6-10)32-8-31-13/h1-6H,7-8H2,(H,24,28)(H,25,29)(H3,23,26,27,30). The van der Waals surface area contributed by atoms with Gasteiger partial charge in [-0.2, -0.15) is 0 Å². The molecule has 0 fully saturated rings. The van der Waals surface area contributed by atoms with E-state index >= 15 is 0 Å². The van der Waals surface area contributed by atoms with Crippen LogP contribution in [-0.2, 0) is 4.79 Å². The molecule has 0 aliphatic carbocycles. The summed E-state index contributed by atoms with van der Waals surface area (Å²) >= 11 is 0.910. The van der Waals surface area contributed by atoms with E-state index in [1.54, 1.807) is 18.2 Å². The number of carbonyl (C=O) groups is 2. The third-order valence-electron chi connectivity index (χ3n) is 4.34. The molecule has 4 rings (SSSR count). The third kappa shape index (κ3) is 5.03. The largest absolute Gasteiger partial charge is 0.454 e. The van der Waals surface area contributed by atoms with Crippen molar-refractivity contribution in [2.45, 2.75) is 5.16 Å². The molecular formula is C20H15F2N5O5S. The minimum atomic E-state index is -1.21. The second-order valence-electron chi connectivity index (χ2n) is 6.62. The van der Waals surface area contributed by atoms with Gasteiger partial charge in [0.15, 0.2) is 34.1 Å². The Hall–Kier alpha value is -4.13. The molecule has 5 N–H and O–H groups in total. The van der Waals surface area contributed by atoms with Gasteiger partial charge in [0.05, 0.1) is 5.75 Å². The smallest absolute Gasteiger partial charge is 0.277 e. The van der Waals surface area contributed by atoms with Crippen molar-refractivity contribution < 1.29 is 27.8 Å². The number of aromatic nitrogens is 2. The summed E-state index contributed by atoms with van der Waals surface area (Å²) in [5, 5.41) is 4.94. The Morgan fingerprint density at radius 1 is 1.09 bits per heavy atom. The van der Waals surface area contributed by atoms with Crippen LogP contribution in [0.5, 0.6) is 11.5 Å². The zero-order chi connectivity index (χ0) is 23.5. The zero-order valence-electron chi connectivity index (χ0n) is 16.6. The zero-order valence-corrected chi connectivity index (χ0v) is 17.4. The van der Waals surface area contributed by atoms with Gasteiger partial charge in [0.25, 0.3) is 11.5 Å². The Balaban J connectivity index is 1.38. The van der Waals surface area contributed by atoms with E-state index in [0.29, 0.717) is 23.3 Å². The summed E-state index contributed by atoms with van der Waals surface area (Å²) in [5.41, 5.74) is 4.91. The number of amides is 2. The molecule has 0 saturated heterocycles. The van der Waals surface area contributed by atoms with E-state index in [1.165, 1.54) is 0 Å². The summed E-state index contributed by atoms with van der Waals surface area (Å²) in [6.07, 6.45) is 0. The van der Waals surface area contributed by atoms with Gasteiger partial charge in [-0.25, -0.2) is 13.8 Å². The minimum absolute atomic E-state index is 0.0455. The quantitative estimate of drug-likeness (QED) is 0.314. The van der Waals surface area contributed by atoms with Crippen LogP contribution in [-0.4, -0.2) is 34.3 Å². The summed E-state index contributed by atoms with van der Waals surface area (Å²) in [4.78, 5) is 43.1. The molecular weight excluding hydrogens is 460 g/mol. The maximum Gasteiger partial charge on any atom is 0.277 e. The lowest BCUT2D eigenvalue weighted by atomic mass is 10.2. The second kappa shape index (κ2) is 9.16. The van der Waals surface area contributed by atoms with Crippen LogP contribution in [0.3, 0.4) is 0 Å². The van der Waals surface area contributed by atoms with Crippen molar-refractivity contribution in [1.82, 2.24) is 9.97 Å². The van der Waals surface area contributed by atoms with Crippen LogP contribution in [0.2, 0.25) is 0 Å². The van der Waals surface area contributed by atoms with E-state index in [2.05, 4.69) is 20.6 Å². The first kappa shape index (κ1) is 22.1. The molecule has 10 nitrogen and oxygen atoms in total. The highest BCUT2D eigenvalue weighted by Crippen LogP contribution is 2.34. The normalized spacial score (nSPS) is 11.8. The first-order chi connectivity index (χ1) is 15.8. The number of thioether (sulfide) groups is 1. The van der Waals surface area contributed by atoms with Gasteiger partial charge in [0, 0.05) is 17.3 Å². The first-order valence-electron chi connectivity index (χ1n) is 9.28. The molecule has 1 aliphatic rings. The molecule has 0 saturated carbocycles. The maximum absolute atomic E-state index is 13.3. The number of carbonyl (C=O) groups excluding carboxylic acids is 2. The number of benzene rings is 2. The van der Waals surface area contributed by atoms with Gasteiger partial charge in [0.1, 0.15) is 5.69 Å². The lowest BCUT2D eigenvalue weighted by molar-refractivity contribution is -0.113. The van der Waals surface area contributed by atoms with Crippen molar-refractivity contribution in [2.75, 3.05) is 28.9 Å². The van der Waals surface area contributed by atoms with Gasteiger partial charge in [0.2, 0.25) is 12.7 Å². The maximum atomic E-state index is 13.3. The molecule has 170 valence electrons. The van der Waals surface area contributed by atoms with Crippen LogP contribution in [0.1, 0.15) is 10.4 Å². The molecule has 2 aromatic carbocycles. The van der Waals surface area contributed by atoms with Crippen LogP contribution in [0.15, 0.2) is 46.3 Å². The van der Waals surface area contributed by atoms with Crippen LogP contribution in [0.25, 0.3) is 0 Å². The molecule has 0 spiro atoms. The predicted molar refractivity (Wildman–Crippen MR) is 116 cm³/mol. The van der Waals surface area contributed by atoms with Gasteiger partial charge in [-0.15, -0.1) is 0 Å². The van der Waals surface area contributed by atoms with Crippen molar-refractivity contribution in [2.24, 2.45) is 0 Å². The molecule has 1 aliphatic heterocycles. The molecule has 0 bridgehead atoms. The first-order valence-corrected chi connectivity index (χ1v) is 10.3. The van der Waals surface area contributed by atoms with Crippen LogP contribution in [0.4, 0.5) is 26.0 Å². The summed E-state index contributed by atoms with van der Waals surface area (Å²) in [6, 6.07) is 7.45. The van der Waals surface area contributed by atoms with E-state index in [9.17, 15) is 23.2 Å². The number of nitrogens with zero attached hydrogens (tertiary/aromatic N) is 1. The Bertz CT molecular complexity index is 1320. The molecule has 3 aromatic rings. The topological polar surface area (TPSA) is 148 Å². The van der Waals surface area contributed by atoms with Crippen molar-refractivity contribution >= 4 is 40.8 Å². The number of ether oxygens (including phenoxy) is 2. The fraction of sp³-hybridized carbons (Fsp3) is 0.100. The van der Waals surface area contributed by atoms with Gasteiger partial charge >= 0.3 is 0 Å². The highest BCUT2D eigenvalue weighted by atomic mass is 32.2. The minimum Gasteiger partial charge on any atom is -0.454 e. The molecule has 1 aromatic heterocycles. The van der Waals surface area contributed by atoms with Crippen LogP contribution < -0.4 is 31.4 Å². The van der Waals surface area contributed by atoms with E-state index in [0.717, 1.165) is 23.9 Å². The molecule has 33 heavy (non-hydrogen) atoms. The Morgan fingerprint density at radius 2 is 1.88 bits per heavy atom. The number of halogens is 2. The summed E-state index contributed by atoms with van der Waals surface area (Å²) in [5.74, 6) is -2.91. The van der Waals surface area contributed by atoms with E-state index in [4.69, 9.17) is 15.2 Å². The number of hydrogen-bond acceptors (Lipinski definition) is 8. The SMILES string of the molecule is Nc1nc(SCC(=O)Nc2ccc3c(c2)OCO3)[nH]c(=O)c1NC(=O)c1ccc(F)c(F)c1. The van der Waals surface area contributed by atoms with Crippen molar-refractivity contribution in [1.29, 1.82) is 0 Å². The molecule has 2 heterocycles. The Kier molecular flexibility index (Phi) is 6.13. The van der Waals surface area contributed by atoms with Crippen molar-refractivity contribution in [3.8, 4) is 11.5 Å². The summed E-state index contributed by atoms with van der Waals surface area (Å²) in [6.45, 7) is 0.111. The van der Waals surface area contributed by atoms with E-state index in [-0.39, 0.29) is 40.7 Å². The van der Waals surface area contributed by atoms with Crippen molar-refractivity contribution in [3.05, 3.63) is 63.9 Å². The molecule has 13 heteroatoms. The Labute approximate surface area is 188 Å². The Morgan fingerprint density at radius 3 is 2.64 bits per heavy atom. The average Bonchev–Trinajstić information content (AvgIpc) is 3.24. The van der Waals surface area contributed by atoms with E-state index in [1.807, 2.05) is 0 Å². The van der Waals surface area contributed by atoms with Gasteiger partial charge in [-0.1, -0.05) is 11.8 Å². The fourth-order valence-electron chi connectivity index (χ4n) is 2.79. The highest BCUT2D eigenvalue weighted by molar-refractivity contribution is 7.99. The number of nitrogens with two attached hydrogens (primary N) is 1. The lowest BCUT2D eigenvalue weighted by Gasteiger charge is -2.09. The molecule has 0 radical (unpaired) electrons. The van der Waals surface area contributed by atoms with E-state index < -0.39 is 23.1 Å². The molecule has 0 unspecified atom stereocenters. The average molecular weight is 475 g/mol. The predicted octanol–water partition coefficient (Wildman–Crippen LogP) is 2.34.